The molecule has 0 spiro atoms. The molecule has 3 rings (SSSR count). The van der Waals surface area contributed by atoms with Crippen LogP contribution in [0.4, 0.5) is 5.82 Å². The van der Waals surface area contributed by atoms with Crippen molar-refractivity contribution in [3.05, 3.63) is 18.5 Å². The van der Waals surface area contributed by atoms with Crippen LogP contribution in [0.3, 0.4) is 0 Å². The van der Waals surface area contributed by atoms with Crippen molar-refractivity contribution in [1.82, 2.24) is 14.9 Å². The fraction of sp³-hybridized carbons (Fsp3) is 0.471. The van der Waals surface area contributed by atoms with Crippen LogP contribution < -0.4 is 19.5 Å². The van der Waals surface area contributed by atoms with Gasteiger partial charge in [-0.3, -0.25) is 4.79 Å². The molecule has 2 heterocycles. The van der Waals surface area contributed by atoms with Crippen molar-refractivity contribution in [2.75, 3.05) is 51.1 Å². The van der Waals surface area contributed by atoms with E-state index in [4.69, 9.17) is 14.6 Å². The van der Waals surface area contributed by atoms with E-state index < -0.39 is 21.7 Å². The van der Waals surface area contributed by atoms with Crippen LogP contribution in [0, 0.1) is 0 Å². The summed E-state index contributed by atoms with van der Waals surface area (Å²) in [5.41, 5.74) is 0.717. The first-order valence-electron chi connectivity index (χ1n) is 8.72. The number of aromatic nitrogens is 2. The number of primary sulfonamides is 1. The first-order chi connectivity index (χ1) is 13.3. The molecule has 0 bridgehead atoms. The summed E-state index contributed by atoms with van der Waals surface area (Å²) >= 11 is 0. The number of methoxy groups -OCH3 is 2. The van der Waals surface area contributed by atoms with Gasteiger partial charge in [-0.1, -0.05) is 0 Å². The Morgan fingerprint density at radius 1 is 1.11 bits per heavy atom. The SMILES string of the molecule is COc1cc2ncnc(N3CCCN(C(=O)CS(N)(=O)=O)CC3)c2cc1OC. The van der Waals surface area contributed by atoms with Gasteiger partial charge in [-0.15, -0.1) is 0 Å². The Morgan fingerprint density at radius 2 is 1.82 bits per heavy atom. The molecule has 2 aromatic rings. The van der Waals surface area contributed by atoms with Gasteiger partial charge in [-0.25, -0.2) is 23.5 Å². The summed E-state index contributed by atoms with van der Waals surface area (Å²) in [6.07, 6.45) is 2.16. The van der Waals surface area contributed by atoms with Crippen LogP contribution in [0.5, 0.6) is 11.5 Å². The number of amides is 1. The van der Waals surface area contributed by atoms with Gasteiger partial charge in [-0.2, -0.15) is 0 Å². The maximum atomic E-state index is 12.2. The van der Waals surface area contributed by atoms with Crippen molar-refractivity contribution in [3.63, 3.8) is 0 Å². The summed E-state index contributed by atoms with van der Waals surface area (Å²) in [7, 11) is -0.718. The number of benzene rings is 1. The number of rotatable bonds is 5. The van der Waals surface area contributed by atoms with Crippen molar-refractivity contribution < 1.29 is 22.7 Å². The zero-order chi connectivity index (χ0) is 20.3. The highest BCUT2D eigenvalue weighted by Gasteiger charge is 2.24. The second kappa shape index (κ2) is 8.15. The second-order valence-corrected chi connectivity index (χ2v) is 8.06. The molecule has 1 amide bonds. The van der Waals surface area contributed by atoms with E-state index in [-0.39, 0.29) is 0 Å². The fourth-order valence-electron chi connectivity index (χ4n) is 3.26. The van der Waals surface area contributed by atoms with Crippen LogP contribution in [-0.4, -0.2) is 75.3 Å². The number of hydrogen-bond acceptors (Lipinski definition) is 8. The smallest absolute Gasteiger partial charge is 0.239 e. The van der Waals surface area contributed by atoms with E-state index in [2.05, 4.69) is 14.9 Å². The van der Waals surface area contributed by atoms with Gasteiger partial charge in [0.15, 0.2) is 11.5 Å². The van der Waals surface area contributed by atoms with E-state index in [1.807, 2.05) is 6.07 Å². The lowest BCUT2D eigenvalue weighted by atomic mass is 10.2. The number of fused-ring (bicyclic) bond motifs is 1. The highest BCUT2D eigenvalue weighted by Crippen LogP contribution is 2.34. The molecule has 1 fully saturated rings. The van der Waals surface area contributed by atoms with Crippen LogP contribution in [0.15, 0.2) is 18.5 Å². The number of ether oxygens (including phenoxy) is 2. The van der Waals surface area contributed by atoms with Crippen LogP contribution in [0.2, 0.25) is 0 Å². The number of hydrogen-bond donors (Lipinski definition) is 1. The summed E-state index contributed by atoms with van der Waals surface area (Å²) in [5.74, 6) is 0.719. The Morgan fingerprint density at radius 3 is 2.50 bits per heavy atom. The maximum absolute atomic E-state index is 12.2. The van der Waals surface area contributed by atoms with Gasteiger partial charge in [-0.05, 0) is 12.5 Å². The van der Waals surface area contributed by atoms with Gasteiger partial charge in [0.2, 0.25) is 15.9 Å². The summed E-state index contributed by atoms with van der Waals surface area (Å²) in [6, 6.07) is 3.62. The number of nitrogens with zero attached hydrogens (tertiary/aromatic N) is 4. The monoisotopic (exact) mass is 409 g/mol. The molecule has 2 N–H and O–H groups in total. The van der Waals surface area contributed by atoms with E-state index in [0.717, 1.165) is 11.2 Å². The topological polar surface area (TPSA) is 128 Å². The molecule has 1 aliphatic rings. The summed E-state index contributed by atoms with van der Waals surface area (Å²) in [4.78, 5) is 24.5. The number of sulfonamides is 1. The Bertz CT molecular complexity index is 981. The zero-order valence-corrected chi connectivity index (χ0v) is 16.6. The van der Waals surface area contributed by atoms with Gasteiger partial charge >= 0.3 is 0 Å². The maximum Gasteiger partial charge on any atom is 0.239 e. The molecule has 0 aliphatic carbocycles. The van der Waals surface area contributed by atoms with Crippen LogP contribution in [0.25, 0.3) is 10.9 Å². The molecule has 1 saturated heterocycles. The Hall–Kier alpha value is -2.66. The standard InChI is InChI=1S/C17H23N5O5S/c1-26-14-8-12-13(9-15(14)27-2)19-11-20-17(12)22-5-3-4-21(6-7-22)16(23)10-28(18,24)25/h8-9,11H,3-7,10H2,1-2H3,(H2,18,24,25). The quantitative estimate of drug-likeness (QED) is 0.729. The Balaban J connectivity index is 1.86. The third kappa shape index (κ3) is 4.42. The minimum atomic E-state index is -3.84. The molecule has 0 unspecified atom stereocenters. The van der Waals surface area contributed by atoms with Crippen molar-refractivity contribution in [2.24, 2.45) is 5.14 Å². The van der Waals surface area contributed by atoms with Crippen molar-refractivity contribution in [3.8, 4) is 11.5 Å². The molecule has 11 heteroatoms. The van der Waals surface area contributed by atoms with E-state index in [0.29, 0.717) is 49.6 Å². The number of anilines is 1. The molecule has 28 heavy (non-hydrogen) atoms. The van der Waals surface area contributed by atoms with Crippen LogP contribution >= 0.6 is 0 Å². The van der Waals surface area contributed by atoms with E-state index >= 15 is 0 Å². The average Bonchev–Trinajstić information content (AvgIpc) is 2.91. The molecule has 1 aromatic carbocycles. The molecule has 10 nitrogen and oxygen atoms in total. The summed E-state index contributed by atoms with van der Waals surface area (Å²) in [6.45, 7) is 2.02. The van der Waals surface area contributed by atoms with Gasteiger partial charge in [0.25, 0.3) is 0 Å². The number of carbonyl (C=O) groups is 1. The molecule has 0 radical (unpaired) electrons. The second-order valence-electron chi connectivity index (χ2n) is 6.45. The molecular formula is C17H23N5O5S. The normalized spacial score (nSPS) is 15.4. The summed E-state index contributed by atoms with van der Waals surface area (Å²) in [5, 5.41) is 5.80. The van der Waals surface area contributed by atoms with Gasteiger partial charge < -0.3 is 19.3 Å². The van der Waals surface area contributed by atoms with E-state index in [1.165, 1.54) is 11.2 Å². The molecule has 0 saturated carbocycles. The van der Waals surface area contributed by atoms with Crippen molar-refractivity contribution in [2.45, 2.75) is 6.42 Å². The van der Waals surface area contributed by atoms with E-state index in [1.54, 1.807) is 20.3 Å². The van der Waals surface area contributed by atoms with Crippen LogP contribution in [-0.2, 0) is 14.8 Å². The largest absolute Gasteiger partial charge is 0.493 e. The third-order valence-corrected chi connectivity index (χ3v) is 5.24. The lowest BCUT2D eigenvalue weighted by molar-refractivity contribution is -0.128. The van der Waals surface area contributed by atoms with Crippen molar-refractivity contribution >= 4 is 32.7 Å². The number of nitrogens with two attached hydrogens (primary N) is 1. The fourth-order valence-corrected chi connectivity index (χ4v) is 3.79. The van der Waals surface area contributed by atoms with Gasteiger partial charge in [0.05, 0.1) is 19.7 Å². The lowest BCUT2D eigenvalue weighted by Crippen LogP contribution is -2.40. The minimum absolute atomic E-state index is 0.382. The highest BCUT2D eigenvalue weighted by molar-refractivity contribution is 7.89. The Kier molecular flexibility index (Phi) is 5.84. The lowest BCUT2D eigenvalue weighted by Gasteiger charge is -2.24. The molecule has 0 atom stereocenters. The molecular weight excluding hydrogens is 386 g/mol. The van der Waals surface area contributed by atoms with Crippen LogP contribution in [0.1, 0.15) is 6.42 Å². The zero-order valence-electron chi connectivity index (χ0n) is 15.8. The third-order valence-electron chi connectivity index (χ3n) is 4.59. The first-order valence-corrected chi connectivity index (χ1v) is 10.4. The van der Waals surface area contributed by atoms with Gasteiger partial charge in [0.1, 0.15) is 17.9 Å². The predicted octanol–water partition coefficient (Wildman–Crippen LogP) is -0.0258. The molecule has 152 valence electrons. The highest BCUT2D eigenvalue weighted by atomic mass is 32.2. The van der Waals surface area contributed by atoms with E-state index in [9.17, 15) is 13.2 Å². The van der Waals surface area contributed by atoms with Crippen molar-refractivity contribution in [1.29, 1.82) is 0 Å². The average molecular weight is 409 g/mol. The first kappa shape index (κ1) is 20.1. The minimum Gasteiger partial charge on any atom is -0.493 e. The molecule has 1 aliphatic heterocycles. The number of carbonyl (C=O) groups excluding carboxylic acids is 1. The summed E-state index contributed by atoms with van der Waals surface area (Å²) < 4.78 is 33.1. The van der Waals surface area contributed by atoms with Gasteiger partial charge in [0, 0.05) is 37.6 Å². The predicted molar refractivity (Wildman–Crippen MR) is 104 cm³/mol. The Labute approximate surface area is 163 Å². The molecule has 1 aromatic heterocycles.